The Bertz CT molecular complexity index is 1350. The molecule has 224 valence electrons. The van der Waals surface area contributed by atoms with Crippen molar-refractivity contribution < 1.29 is 13.5 Å². The number of rotatable bonds is 6. The van der Waals surface area contributed by atoms with E-state index in [2.05, 4.69) is 37.7 Å². The molecule has 1 aromatic rings. The number of pyridine rings is 1. The molecule has 0 bridgehead atoms. The van der Waals surface area contributed by atoms with E-state index in [1.54, 1.807) is 6.08 Å². The highest BCUT2D eigenvalue weighted by molar-refractivity contribution is 6.08. The Morgan fingerprint density at radius 1 is 1.17 bits per heavy atom. The maximum absolute atomic E-state index is 14.5. The maximum atomic E-state index is 14.5. The monoisotopic (exact) mass is 577 g/mol. The van der Waals surface area contributed by atoms with Gasteiger partial charge in [0, 0.05) is 87.0 Å². The molecule has 0 radical (unpaired) electrons. The first-order valence-electron chi connectivity index (χ1n) is 15.0. The number of anilines is 2. The third-order valence-electron chi connectivity index (χ3n) is 9.92. The number of hydrogen-bond donors (Lipinski definition) is 2. The molecule has 5 aliphatic rings. The van der Waals surface area contributed by atoms with E-state index in [1.165, 1.54) is 6.21 Å². The summed E-state index contributed by atoms with van der Waals surface area (Å²) in [5, 5.41) is 16.4. The number of piperidine rings is 1. The lowest BCUT2D eigenvalue weighted by Gasteiger charge is -2.55. The molecule has 4 fully saturated rings. The van der Waals surface area contributed by atoms with Gasteiger partial charge >= 0.3 is 0 Å². The van der Waals surface area contributed by atoms with Gasteiger partial charge in [-0.3, -0.25) is 4.90 Å². The maximum Gasteiger partial charge on any atom is 0.281 e. The lowest BCUT2D eigenvalue weighted by molar-refractivity contribution is -0.0264. The Hall–Kier alpha value is -3.37. The summed E-state index contributed by atoms with van der Waals surface area (Å²) in [4.78, 5) is 13.7. The summed E-state index contributed by atoms with van der Waals surface area (Å²) in [7, 11) is 0. The van der Waals surface area contributed by atoms with Gasteiger partial charge < -0.3 is 30.3 Å². The highest BCUT2D eigenvalue weighted by atomic mass is 19.3. The van der Waals surface area contributed by atoms with Crippen molar-refractivity contribution >= 4 is 29.5 Å². The van der Waals surface area contributed by atoms with E-state index in [1.807, 2.05) is 32.1 Å². The predicted octanol–water partition coefficient (Wildman–Crippen LogP) is 5.05. The van der Waals surface area contributed by atoms with Crippen LogP contribution < -0.4 is 9.80 Å². The highest BCUT2D eigenvalue weighted by Crippen LogP contribution is 2.45. The third kappa shape index (κ3) is 4.68. The molecule has 1 aromatic heterocycles. The number of halogens is 2. The minimum Gasteiger partial charge on any atom is -0.369 e. The summed E-state index contributed by atoms with van der Waals surface area (Å²) in [6.07, 6.45) is 6.02. The molecule has 42 heavy (non-hydrogen) atoms. The molecular formula is C32H41F2N7O. The van der Waals surface area contributed by atoms with Crippen LogP contribution in [0.4, 0.5) is 20.3 Å². The second-order valence-corrected chi connectivity index (χ2v) is 12.1. The van der Waals surface area contributed by atoms with Crippen molar-refractivity contribution in [1.29, 1.82) is 10.8 Å². The average Bonchev–Trinajstić information content (AvgIpc) is 3.13. The fourth-order valence-corrected chi connectivity index (χ4v) is 7.54. The Morgan fingerprint density at radius 3 is 2.52 bits per heavy atom. The normalized spacial score (nSPS) is 28.4. The van der Waals surface area contributed by atoms with Crippen LogP contribution in [0.15, 0.2) is 48.2 Å². The van der Waals surface area contributed by atoms with E-state index in [9.17, 15) is 8.78 Å². The van der Waals surface area contributed by atoms with Crippen molar-refractivity contribution in [1.82, 2.24) is 14.8 Å². The predicted molar refractivity (Wildman–Crippen MR) is 164 cm³/mol. The Kier molecular flexibility index (Phi) is 7.55. The number of hydrogen-bond acceptors (Lipinski definition) is 8. The zero-order chi connectivity index (χ0) is 29.8. The zero-order valence-corrected chi connectivity index (χ0v) is 24.6. The van der Waals surface area contributed by atoms with Crippen LogP contribution in [0.2, 0.25) is 0 Å². The summed E-state index contributed by atoms with van der Waals surface area (Å²) >= 11 is 0. The molecule has 1 spiro atoms. The van der Waals surface area contributed by atoms with Gasteiger partial charge in [-0.2, -0.15) is 0 Å². The smallest absolute Gasteiger partial charge is 0.281 e. The number of nitrogens with one attached hydrogen (secondary N) is 2. The van der Waals surface area contributed by atoms with Crippen LogP contribution in [0.1, 0.15) is 50.8 Å². The fourth-order valence-electron chi connectivity index (χ4n) is 7.54. The van der Waals surface area contributed by atoms with E-state index < -0.39 is 12.0 Å². The largest absolute Gasteiger partial charge is 0.369 e. The average molecular weight is 578 g/mol. The van der Waals surface area contributed by atoms with Gasteiger partial charge in [0.2, 0.25) is 0 Å². The van der Waals surface area contributed by atoms with Crippen LogP contribution in [0, 0.1) is 10.8 Å². The molecule has 10 heteroatoms. The standard InChI is InChI=1S/C32H41F2N7O/c1-5-21(3)38-13-15-39(16-14-38)26-19-41-24(26)8-6-7-23-25(41)17-27(37-30(23)31(33)34)40-11-9-32(10-12-40)28(20(2)18-35)29(36)22(4)42-32/h5-7,17-18,22,24,26,31,35-36H,1,3,8-16,19H2,2,4H3/b28-20+,35-18?,36-29?. The minimum absolute atomic E-state index is 0.160. The Labute approximate surface area is 247 Å². The van der Waals surface area contributed by atoms with Gasteiger partial charge in [0.1, 0.15) is 11.5 Å². The molecule has 4 saturated heterocycles. The number of piperazine rings is 1. The SMILES string of the molecule is C=CC(=C)N1CCN(C2CN3c4cc(N5CCC6(CC5)OC(C)C(=N)/C6=C(/C)C=N)nc(C(F)F)c4C=CCC23)CC1. The van der Waals surface area contributed by atoms with Crippen molar-refractivity contribution in [3.05, 3.63) is 59.5 Å². The van der Waals surface area contributed by atoms with Gasteiger partial charge in [-0.1, -0.05) is 25.3 Å². The van der Waals surface area contributed by atoms with E-state index in [0.717, 1.165) is 61.7 Å². The molecule has 6 rings (SSSR count). The molecular weight excluding hydrogens is 536 g/mol. The summed E-state index contributed by atoms with van der Waals surface area (Å²) in [5.41, 5.74) is 3.55. The first-order chi connectivity index (χ1) is 20.2. The first-order valence-corrected chi connectivity index (χ1v) is 15.0. The van der Waals surface area contributed by atoms with Gasteiger partial charge in [-0.25, -0.2) is 13.8 Å². The first kappa shape index (κ1) is 28.7. The molecule has 0 saturated carbocycles. The lowest BCUT2D eigenvalue weighted by Crippen LogP contribution is -2.69. The lowest BCUT2D eigenvalue weighted by atomic mass is 9.81. The minimum atomic E-state index is -2.68. The van der Waals surface area contributed by atoms with E-state index in [-0.39, 0.29) is 17.8 Å². The second kappa shape index (κ2) is 11.0. The van der Waals surface area contributed by atoms with Crippen LogP contribution in [0.25, 0.3) is 6.08 Å². The fraction of sp³-hybridized carbons (Fsp3) is 0.531. The quantitative estimate of drug-likeness (QED) is 0.364. The molecule has 0 aromatic carbocycles. The highest BCUT2D eigenvalue weighted by Gasteiger charge is 2.50. The van der Waals surface area contributed by atoms with Crippen LogP contribution in [-0.4, -0.2) is 96.3 Å². The van der Waals surface area contributed by atoms with Gasteiger partial charge in [0.05, 0.1) is 23.1 Å². The van der Waals surface area contributed by atoms with Gasteiger partial charge in [0.15, 0.2) is 0 Å². The number of fused-ring (bicyclic) bond motifs is 3. The summed E-state index contributed by atoms with van der Waals surface area (Å²) in [5.74, 6) is 0.573. The van der Waals surface area contributed by atoms with Gasteiger partial charge in [-0.15, -0.1) is 0 Å². The van der Waals surface area contributed by atoms with E-state index in [0.29, 0.717) is 49.1 Å². The summed E-state index contributed by atoms with van der Waals surface area (Å²) in [6.45, 7) is 17.4. The van der Waals surface area contributed by atoms with Crippen molar-refractivity contribution in [3.63, 3.8) is 0 Å². The number of allylic oxidation sites excluding steroid dienone is 2. The molecule has 0 amide bonds. The van der Waals surface area contributed by atoms with Crippen LogP contribution in [-0.2, 0) is 4.74 Å². The van der Waals surface area contributed by atoms with Crippen molar-refractivity contribution in [2.75, 3.05) is 55.6 Å². The van der Waals surface area contributed by atoms with Gasteiger partial charge in [-0.05, 0) is 44.8 Å². The van der Waals surface area contributed by atoms with Crippen molar-refractivity contribution in [3.8, 4) is 0 Å². The molecule has 0 aliphatic carbocycles. The van der Waals surface area contributed by atoms with Gasteiger partial charge in [0.25, 0.3) is 6.43 Å². The number of ether oxygens (including phenoxy) is 1. The van der Waals surface area contributed by atoms with Crippen LogP contribution in [0.3, 0.4) is 0 Å². The second-order valence-electron chi connectivity index (χ2n) is 12.1. The molecule has 2 N–H and O–H groups in total. The molecule has 3 atom stereocenters. The summed E-state index contributed by atoms with van der Waals surface area (Å²) in [6, 6.07) is 2.61. The van der Waals surface area contributed by atoms with E-state index >= 15 is 0 Å². The third-order valence-corrected chi connectivity index (χ3v) is 9.92. The zero-order valence-electron chi connectivity index (χ0n) is 24.6. The van der Waals surface area contributed by atoms with E-state index in [4.69, 9.17) is 15.6 Å². The van der Waals surface area contributed by atoms with Crippen LogP contribution >= 0.6 is 0 Å². The molecule has 5 aliphatic heterocycles. The number of aromatic nitrogens is 1. The Balaban J connectivity index is 1.23. The van der Waals surface area contributed by atoms with Crippen molar-refractivity contribution in [2.45, 2.75) is 63.3 Å². The number of nitrogens with zero attached hydrogens (tertiary/aromatic N) is 5. The molecule has 8 nitrogen and oxygen atoms in total. The molecule has 6 heterocycles. The summed E-state index contributed by atoms with van der Waals surface area (Å²) < 4.78 is 35.2. The Morgan fingerprint density at radius 2 is 1.88 bits per heavy atom. The topological polar surface area (TPSA) is 82.8 Å². The van der Waals surface area contributed by atoms with Crippen molar-refractivity contribution in [2.24, 2.45) is 0 Å². The number of alkyl halides is 2. The molecule has 3 unspecified atom stereocenters. The van der Waals surface area contributed by atoms with Crippen LogP contribution in [0.5, 0.6) is 0 Å².